The largest absolute Gasteiger partial charge is 0.478 e. The molecule has 0 heterocycles. The van der Waals surface area contributed by atoms with E-state index in [1.165, 1.54) is 18.2 Å². The highest BCUT2D eigenvalue weighted by molar-refractivity contribution is 7.89. The first-order valence-corrected chi connectivity index (χ1v) is 8.29. The van der Waals surface area contributed by atoms with Gasteiger partial charge in [0.15, 0.2) is 0 Å². The van der Waals surface area contributed by atoms with Crippen LogP contribution in [-0.2, 0) is 10.0 Å². The zero-order chi connectivity index (χ0) is 16.4. The number of aryl methyl sites for hydroxylation is 1. The van der Waals surface area contributed by atoms with Crippen molar-refractivity contribution < 1.29 is 18.3 Å². The average Bonchev–Trinajstić information content (AvgIpc) is 2.36. The lowest BCUT2D eigenvalue weighted by molar-refractivity contribution is 0.0696. The molecule has 0 unspecified atom stereocenters. The third-order valence-electron chi connectivity index (χ3n) is 4.03. The van der Waals surface area contributed by atoms with Gasteiger partial charge in [0.2, 0.25) is 10.0 Å². The van der Waals surface area contributed by atoms with Gasteiger partial charge in [0.05, 0.1) is 10.5 Å². The van der Waals surface area contributed by atoms with Crippen molar-refractivity contribution in [2.24, 2.45) is 11.3 Å². The van der Waals surface area contributed by atoms with Crippen LogP contribution in [0.2, 0.25) is 0 Å². The predicted molar refractivity (Wildman–Crippen MR) is 81.9 cm³/mol. The fraction of sp³-hybridized carbons (Fsp3) is 0.533. The van der Waals surface area contributed by atoms with Gasteiger partial charge in [0.25, 0.3) is 0 Å². The molecule has 0 spiro atoms. The predicted octanol–water partition coefficient (Wildman–Crippen LogP) is 2.65. The third-order valence-corrected chi connectivity index (χ3v) is 5.43. The van der Waals surface area contributed by atoms with Crippen LogP contribution in [-0.4, -0.2) is 26.0 Å². The van der Waals surface area contributed by atoms with Crippen molar-refractivity contribution in [2.75, 3.05) is 6.54 Å². The van der Waals surface area contributed by atoms with Crippen LogP contribution in [0.15, 0.2) is 23.1 Å². The molecule has 0 aliphatic heterocycles. The monoisotopic (exact) mass is 313 g/mol. The molecule has 0 aromatic heterocycles. The normalized spacial score (nSPS) is 12.7. The van der Waals surface area contributed by atoms with E-state index < -0.39 is 16.0 Å². The van der Waals surface area contributed by atoms with Gasteiger partial charge < -0.3 is 5.11 Å². The highest BCUT2D eigenvalue weighted by Crippen LogP contribution is 2.25. The third kappa shape index (κ3) is 4.28. The first kappa shape index (κ1) is 17.7. The quantitative estimate of drug-likeness (QED) is 0.845. The summed E-state index contributed by atoms with van der Waals surface area (Å²) in [6.45, 7) is 9.96. The molecule has 0 atom stereocenters. The van der Waals surface area contributed by atoms with Crippen LogP contribution >= 0.6 is 0 Å². The SMILES string of the molecule is Cc1ccc(S(=O)(=O)NCC(C)(C)C(C)C)cc1C(=O)O. The van der Waals surface area contributed by atoms with Gasteiger partial charge in [-0.15, -0.1) is 0 Å². The molecule has 0 bridgehead atoms. The number of hydrogen-bond donors (Lipinski definition) is 2. The number of aromatic carboxylic acids is 1. The van der Waals surface area contributed by atoms with E-state index in [9.17, 15) is 13.2 Å². The lowest BCUT2D eigenvalue weighted by atomic mass is 9.81. The molecule has 1 aromatic carbocycles. The lowest BCUT2D eigenvalue weighted by Crippen LogP contribution is -2.37. The summed E-state index contributed by atoms with van der Waals surface area (Å²) in [5, 5.41) is 9.07. The minimum atomic E-state index is -3.71. The van der Waals surface area contributed by atoms with E-state index in [0.717, 1.165) is 0 Å². The maximum Gasteiger partial charge on any atom is 0.335 e. The summed E-state index contributed by atoms with van der Waals surface area (Å²) in [4.78, 5) is 11.1. The van der Waals surface area contributed by atoms with E-state index >= 15 is 0 Å². The van der Waals surface area contributed by atoms with Crippen LogP contribution in [0, 0.1) is 18.3 Å². The number of sulfonamides is 1. The van der Waals surface area contributed by atoms with Crippen molar-refractivity contribution in [1.82, 2.24) is 4.72 Å². The zero-order valence-electron chi connectivity index (χ0n) is 13.1. The Kier molecular flexibility index (Phi) is 5.17. The zero-order valence-corrected chi connectivity index (χ0v) is 13.9. The Morgan fingerprint density at radius 2 is 1.90 bits per heavy atom. The summed E-state index contributed by atoms with van der Waals surface area (Å²) in [5.41, 5.74) is 0.345. The van der Waals surface area contributed by atoms with E-state index in [1.54, 1.807) is 6.92 Å². The van der Waals surface area contributed by atoms with Crippen LogP contribution in [0.5, 0.6) is 0 Å². The number of hydrogen-bond acceptors (Lipinski definition) is 3. The Labute approximate surface area is 126 Å². The van der Waals surface area contributed by atoms with Gasteiger partial charge in [-0.1, -0.05) is 33.8 Å². The van der Waals surface area contributed by atoms with Crippen LogP contribution in [0.4, 0.5) is 0 Å². The molecule has 118 valence electrons. The van der Waals surface area contributed by atoms with Crippen molar-refractivity contribution in [3.63, 3.8) is 0 Å². The molecule has 0 saturated carbocycles. The molecule has 21 heavy (non-hydrogen) atoms. The standard InChI is InChI=1S/C15H23NO4S/c1-10(2)15(4,5)9-16-21(19,20)12-7-6-11(3)13(8-12)14(17)18/h6-8,10,16H,9H2,1-5H3,(H,17,18). The number of rotatable bonds is 6. The van der Waals surface area contributed by atoms with E-state index in [-0.39, 0.29) is 15.9 Å². The summed E-state index contributed by atoms with van der Waals surface area (Å²) in [7, 11) is -3.71. The molecule has 0 saturated heterocycles. The van der Waals surface area contributed by atoms with Gasteiger partial charge >= 0.3 is 5.97 Å². The summed E-state index contributed by atoms with van der Waals surface area (Å²) in [6.07, 6.45) is 0. The van der Waals surface area contributed by atoms with E-state index in [0.29, 0.717) is 18.0 Å². The number of carboxylic acids is 1. The Bertz CT molecular complexity index is 633. The number of benzene rings is 1. The highest BCUT2D eigenvalue weighted by Gasteiger charge is 2.26. The Hall–Kier alpha value is -1.40. The highest BCUT2D eigenvalue weighted by atomic mass is 32.2. The van der Waals surface area contributed by atoms with E-state index in [2.05, 4.69) is 4.72 Å². The molecule has 6 heteroatoms. The second-order valence-electron chi connectivity index (χ2n) is 6.25. The van der Waals surface area contributed by atoms with E-state index in [1.807, 2.05) is 27.7 Å². The summed E-state index contributed by atoms with van der Waals surface area (Å²) < 4.78 is 27.1. The number of carboxylic acid groups (broad SMARTS) is 1. The van der Waals surface area contributed by atoms with Crippen molar-refractivity contribution in [3.8, 4) is 0 Å². The van der Waals surface area contributed by atoms with Gasteiger partial charge in [0, 0.05) is 6.54 Å². The molecule has 0 amide bonds. The van der Waals surface area contributed by atoms with Gasteiger partial charge in [-0.2, -0.15) is 0 Å². The Morgan fingerprint density at radius 3 is 2.38 bits per heavy atom. The smallest absolute Gasteiger partial charge is 0.335 e. The van der Waals surface area contributed by atoms with Crippen molar-refractivity contribution in [2.45, 2.75) is 39.5 Å². The molecular weight excluding hydrogens is 290 g/mol. The summed E-state index contributed by atoms with van der Waals surface area (Å²) >= 11 is 0. The van der Waals surface area contributed by atoms with Crippen molar-refractivity contribution in [1.29, 1.82) is 0 Å². The maximum atomic E-state index is 12.3. The first-order valence-electron chi connectivity index (χ1n) is 6.81. The number of carbonyl (C=O) groups is 1. The fourth-order valence-corrected chi connectivity index (χ4v) is 2.82. The molecule has 1 aromatic rings. The average molecular weight is 313 g/mol. The molecule has 0 aliphatic carbocycles. The van der Waals surface area contributed by atoms with Crippen LogP contribution in [0.1, 0.15) is 43.6 Å². The minimum absolute atomic E-state index is 0.000921. The molecule has 2 N–H and O–H groups in total. The molecule has 0 radical (unpaired) electrons. The Balaban J connectivity index is 3.04. The maximum absolute atomic E-state index is 12.3. The second kappa shape index (κ2) is 6.15. The van der Waals surface area contributed by atoms with Crippen LogP contribution < -0.4 is 4.72 Å². The fourth-order valence-electron chi connectivity index (χ4n) is 1.57. The van der Waals surface area contributed by atoms with Gasteiger partial charge in [0.1, 0.15) is 0 Å². The number of nitrogens with one attached hydrogen (secondary N) is 1. The molecule has 5 nitrogen and oxygen atoms in total. The second-order valence-corrected chi connectivity index (χ2v) is 8.02. The van der Waals surface area contributed by atoms with Gasteiger partial charge in [-0.25, -0.2) is 17.9 Å². The van der Waals surface area contributed by atoms with Crippen molar-refractivity contribution >= 4 is 16.0 Å². The van der Waals surface area contributed by atoms with Crippen molar-refractivity contribution in [3.05, 3.63) is 29.3 Å². The molecule has 0 aliphatic rings. The minimum Gasteiger partial charge on any atom is -0.478 e. The van der Waals surface area contributed by atoms with Gasteiger partial charge in [-0.05, 0) is 36.0 Å². The van der Waals surface area contributed by atoms with Gasteiger partial charge in [-0.3, -0.25) is 0 Å². The topological polar surface area (TPSA) is 83.5 Å². The lowest BCUT2D eigenvalue weighted by Gasteiger charge is -2.29. The first-order chi connectivity index (χ1) is 9.47. The van der Waals surface area contributed by atoms with Crippen LogP contribution in [0.25, 0.3) is 0 Å². The molecule has 1 rings (SSSR count). The Morgan fingerprint density at radius 1 is 1.33 bits per heavy atom. The summed E-state index contributed by atoms with van der Waals surface area (Å²) in [5.74, 6) is -0.820. The van der Waals surface area contributed by atoms with Crippen LogP contribution in [0.3, 0.4) is 0 Å². The molecule has 0 fully saturated rings. The molecular formula is C15H23NO4S. The summed E-state index contributed by atoms with van der Waals surface area (Å²) in [6, 6.07) is 4.13. The van der Waals surface area contributed by atoms with E-state index in [4.69, 9.17) is 5.11 Å².